The van der Waals surface area contributed by atoms with Gasteiger partial charge in [-0.25, -0.2) is 0 Å². The van der Waals surface area contributed by atoms with Crippen molar-refractivity contribution in [2.75, 3.05) is 0 Å². The number of carbonyl (C=O) groups excluding carboxylic acids is 1. The Morgan fingerprint density at radius 2 is 1.94 bits per heavy atom. The van der Waals surface area contributed by atoms with Crippen molar-refractivity contribution in [1.82, 2.24) is 0 Å². The van der Waals surface area contributed by atoms with E-state index in [0.29, 0.717) is 5.92 Å². The molecule has 0 radical (unpaired) electrons. The normalized spacial score (nSPS) is 35.1. The molecule has 2 N–H and O–H groups in total. The van der Waals surface area contributed by atoms with E-state index in [0.717, 1.165) is 31.6 Å². The summed E-state index contributed by atoms with van der Waals surface area (Å²) in [5.74, 6) is 1.000. The number of hydrogen-bond acceptors (Lipinski definition) is 1. The summed E-state index contributed by atoms with van der Waals surface area (Å²) in [6.45, 7) is 0. The van der Waals surface area contributed by atoms with E-state index < -0.39 is 0 Å². The third-order valence-electron chi connectivity index (χ3n) is 5.11. The van der Waals surface area contributed by atoms with Crippen molar-refractivity contribution >= 4 is 5.91 Å². The van der Waals surface area contributed by atoms with E-state index in [9.17, 15) is 4.79 Å². The number of carbonyl (C=O) groups is 1. The van der Waals surface area contributed by atoms with Crippen molar-refractivity contribution < 1.29 is 4.79 Å². The maximum absolute atomic E-state index is 12.1. The Balaban J connectivity index is 1.99. The van der Waals surface area contributed by atoms with Crippen LogP contribution in [0.15, 0.2) is 30.3 Å². The first-order valence-electron chi connectivity index (χ1n) is 7.07. The molecule has 0 saturated heterocycles. The molecule has 3 atom stereocenters. The summed E-state index contributed by atoms with van der Waals surface area (Å²) >= 11 is 0. The highest BCUT2D eigenvalue weighted by molar-refractivity contribution is 5.82. The van der Waals surface area contributed by atoms with Gasteiger partial charge in [-0.15, -0.1) is 0 Å². The van der Waals surface area contributed by atoms with Gasteiger partial charge >= 0.3 is 0 Å². The van der Waals surface area contributed by atoms with Crippen LogP contribution in [0.3, 0.4) is 0 Å². The Hall–Kier alpha value is -1.31. The van der Waals surface area contributed by atoms with Crippen LogP contribution in [0, 0.1) is 11.3 Å². The Labute approximate surface area is 109 Å². The highest BCUT2D eigenvalue weighted by Gasteiger charge is 2.50. The van der Waals surface area contributed by atoms with Gasteiger partial charge in [-0.2, -0.15) is 0 Å². The van der Waals surface area contributed by atoms with Crippen molar-refractivity contribution in [2.24, 2.45) is 17.1 Å². The predicted molar refractivity (Wildman–Crippen MR) is 72.0 cm³/mol. The van der Waals surface area contributed by atoms with Crippen molar-refractivity contribution in [3.05, 3.63) is 35.9 Å². The molecule has 1 amide bonds. The molecular formula is C16H21NO. The molecule has 0 heterocycles. The van der Waals surface area contributed by atoms with Gasteiger partial charge in [0.05, 0.1) is 5.41 Å². The van der Waals surface area contributed by atoms with Crippen molar-refractivity contribution in [3.63, 3.8) is 0 Å². The lowest BCUT2D eigenvalue weighted by molar-refractivity contribution is -0.134. The molecule has 2 aliphatic rings. The zero-order chi connectivity index (χ0) is 12.6. The second kappa shape index (κ2) is 4.42. The number of primary amides is 1. The molecule has 3 rings (SSSR count). The summed E-state index contributed by atoms with van der Waals surface area (Å²) in [7, 11) is 0. The average Bonchev–Trinajstić information content (AvgIpc) is 2.40. The molecule has 1 aromatic carbocycles. The summed E-state index contributed by atoms with van der Waals surface area (Å²) in [5.41, 5.74) is 6.84. The van der Waals surface area contributed by atoms with E-state index in [4.69, 9.17) is 5.73 Å². The molecule has 2 saturated carbocycles. The minimum absolute atomic E-state index is 0.0687. The van der Waals surface area contributed by atoms with Crippen LogP contribution in [0.25, 0.3) is 0 Å². The lowest BCUT2D eigenvalue weighted by Gasteiger charge is -2.48. The largest absolute Gasteiger partial charge is 0.369 e. The number of fused-ring (bicyclic) bond motifs is 2. The quantitative estimate of drug-likeness (QED) is 0.851. The monoisotopic (exact) mass is 243 g/mol. The SMILES string of the molecule is NC(=O)C12CCCC(CCC1c1ccccc1)C2. The van der Waals surface area contributed by atoms with E-state index in [1.807, 2.05) is 6.07 Å². The second-order valence-electron chi connectivity index (χ2n) is 6.02. The standard InChI is InChI=1S/C16H21NO/c17-15(18)16-10-4-5-12(11-16)8-9-14(16)13-6-2-1-3-7-13/h1-3,6-7,12,14H,4-5,8-11H2,(H2,17,18). The molecule has 2 heteroatoms. The van der Waals surface area contributed by atoms with E-state index >= 15 is 0 Å². The number of hydrogen-bond donors (Lipinski definition) is 1. The Morgan fingerprint density at radius 3 is 2.67 bits per heavy atom. The molecule has 18 heavy (non-hydrogen) atoms. The fraction of sp³-hybridized carbons (Fsp3) is 0.562. The molecule has 96 valence electrons. The summed E-state index contributed by atoms with van der Waals surface area (Å²) in [6.07, 6.45) is 6.83. The van der Waals surface area contributed by atoms with Crippen molar-refractivity contribution in [3.8, 4) is 0 Å². The molecule has 2 nitrogen and oxygen atoms in total. The van der Waals surface area contributed by atoms with Gasteiger partial charge in [-0.1, -0.05) is 43.2 Å². The number of rotatable bonds is 2. The van der Waals surface area contributed by atoms with Gasteiger partial charge in [0.1, 0.15) is 0 Å². The lowest BCUT2D eigenvalue weighted by Crippen LogP contribution is -2.48. The van der Waals surface area contributed by atoms with Crippen molar-refractivity contribution in [2.45, 2.75) is 44.4 Å². The summed E-state index contributed by atoms with van der Waals surface area (Å²) in [6, 6.07) is 10.5. The average molecular weight is 243 g/mol. The van der Waals surface area contributed by atoms with E-state index in [1.54, 1.807) is 0 Å². The summed E-state index contributed by atoms with van der Waals surface area (Å²) in [4.78, 5) is 12.1. The maximum Gasteiger partial charge on any atom is 0.224 e. The molecule has 2 fully saturated rings. The first-order valence-corrected chi connectivity index (χ1v) is 7.07. The zero-order valence-electron chi connectivity index (χ0n) is 10.8. The van der Waals surface area contributed by atoms with Crippen LogP contribution >= 0.6 is 0 Å². The van der Waals surface area contributed by atoms with Crippen LogP contribution in [-0.4, -0.2) is 5.91 Å². The molecule has 2 bridgehead atoms. The Kier molecular flexibility index (Phi) is 2.89. The van der Waals surface area contributed by atoms with Gasteiger partial charge in [0.25, 0.3) is 0 Å². The minimum atomic E-state index is -0.261. The van der Waals surface area contributed by atoms with E-state index in [1.165, 1.54) is 18.4 Å². The van der Waals surface area contributed by atoms with Crippen molar-refractivity contribution in [1.29, 1.82) is 0 Å². The van der Waals surface area contributed by atoms with Gasteiger partial charge in [0, 0.05) is 0 Å². The van der Waals surface area contributed by atoms with Gasteiger partial charge < -0.3 is 5.73 Å². The maximum atomic E-state index is 12.1. The fourth-order valence-corrected chi connectivity index (χ4v) is 4.23. The van der Waals surface area contributed by atoms with Crippen LogP contribution in [0.2, 0.25) is 0 Å². The van der Waals surface area contributed by atoms with Crippen LogP contribution in [0.4, 0.5) is 0 Å². The highest BCUT2D eigenvalue weighted by Crippen LogP contribution is 2.55. The highest BCUT2D eigenvalue weighted by atomic mass is 16.1. The van der Waals surface area contributed by atoms with Crippen LogP contribution < -0.4 is 5.73 Å². The minimum Gasteiger partial charge on any atom is -0.369 e. The summed E-state index contributed by atoms with van der Waals surface area (Å²) in [5, 5.41) is 0. The third kappa shape index (κ3) is 1.75. The Morgan fingerprint density at radius 1 is 1.17 bits per heavy atom. The summed E-state index contributed by atoms with van der Waals surface area (Å²) < 4.78 is 0. The number of nitrogens with two attached hydrogens (primary N) is 1. The molecular weight excluding hydrogens is 222 g/mol. The molecule has 3 unspecified atom stereocenters. The molecule has 0 aromatic heterocycles. The van der Waals surface area contributed by atoms with Gasteiger partial charge in [0.15, 0.2) is 0 Å². The second-order valence-corrected chi connectivity index (χ2v) is 6.02. The Bertz CT molecular complexity index is 442. The fourth-order valence-electron chi connectivity index (χ4n) is 4.23. The first-order chi connectivity index (χ1) is 8.72. The smallest absolute Gasteiger partial charge is 0.224 e. The van der Waals surface area contributed by atoms with Gasteiger partial charge in [-0.05, 0) is 43.1 Å². The first kappa shape index (κ1) is 11.8. The lowest BCUT2D eigenvalue weighted by atomic mass is 9.55. The molecule has 2 aliphatic carbocycles. The zero-order valence-corrected chi connectivity index (χ0v) is 10.8. The molecule has 0 spiro atoms. The number of benzene rings is 1. The molecule has 0 aliphatic heterocycles. The van der Waals surface area contributed by atoms with Crippen LogP contribution in [0.5, 0.6) is 0 Å². The third-order valence-corrected chi connectivity index (χ3v) is 5.11. The topological polar surface area (TPSA) is 43.1 Å². The van der Waals surface area contributed by atoms with Crippen LogP contribution in [-0.2, 0) is 4.79 Å². The van der Waals surface area contributed by atoms with E-state index in [2.05, 4.69) is 24.3 Å². The predicted octanol–water partition coefficient (Wildman–Crippen LogP) is 3.23. The number of amides is 1. The van der Waals surface area contributed by atoms with Gasteiger partial charge in [-0.3, -0.25) is 4.79 Å². The van der Waals surface area contributed by atoms with Gasteiger partial charge in [0.2, 0.25) is 5.91 Å². The van der Waals surface area contributed by atoms with Crippen LogP contribution in [0.1, 0.15) is 50.0 Å². The molecule has 1 aromatic rings. The van der Waals surface area contributed by atoms with E-state index in [-0.39, 0.29) is 11.3 Å².